The molecule has 0 radical (unpaired) electrons. The van der Waals surface area contributed by atoms with Gasteiger partial charge in [-0.25, -0.2) is 0 Å². The van der Waals surface area contributed by atoms with E-state index in [0.717, 1.165) is 31.1 Å². The molecule has 5 nitrogen and oxygen atoms in total. The van der Waals surface area contributed by atoms with Gasteiger partial charge in [0, 0.05) is 6.54 Å². The van der Waals surface area contributed by atoms with Crippen LogP contribution in [0.2, 0.25) is 0 Å². The lowest BCUT2D eigenvalue weighted by atomic mass is 10.2. The van der Waals surface area contributed by atoms with Crippen LogP contribution in [0.5, 0.6) is 5.75 Å². The van der Waals surface area contributed by atoms with Gasteiger partial charge in [0.25, 0.3) is 5.91 Å². The third-order valence-corrected chi connectivity index (χ3v) is 5.84. The van der Waals surface area contributed by atoms with Gasteiger partial charge in [0.05, 0.1) is 33.9 Å². The first-order valence-corrected chi connectivity index (χ1v) is 9.97. The van der Waals surface area contributed by atoms with Crippen LogP contribution in [0.3, 0.4) is 0 Å². The second kappa shape index (κ2) is 7.62. The molecule has 4 rings (SSSR count). The lowest BCUT2D eigenvalue weighted by molar-refractivity contribution is 0.0939. The summed E-state index contributed by atoms with van der Waals surface area (Å²) in [5, 5.41) is 2.93. The number of carbonyl (C=O) groups is 1. The maximum Gasteiger partial charge on any atom is 0.268 e. The van der Waals surface area contributed by atoms with E-state index < -0.39 is 0 Å². The Morgan fingerprint density at radius 3 is 2.93 bits per heavy atom. The fourth-order valence-electron chi connectivity index (χ4n) is 2.99. The molecule has 1 amide bonds. The van der Waals surface area contributed by atoms with Crippen LogP contribution in [0.25, 0.3) is 10.2 Å². The Morgan fingerprint density at radius 1 is 1.26 bits per heavy atom. The molecule has 4 aromatic rings. The topological polar surface area (TPSA) is 56.4 Å². The van der Waals surface area contributed by atoms with Crippen LogP contribution in [0, 0.1) is 0 Å². The third kappa shape index (κ3) is 3.79. The van der Waals surface area contributed by atoms with Crippen molar-refractivity contribution in [3.05, 3.63) is 75.6 Å². The summed E-state index contributed by atoms with van der Waals surface area (Å²) in [5.74, 6) is 1.39. The van der Waals surface area contributed by atoms with E-state index in [2.05, 4.69) is 21.2 Å². The van der Waals surface area contributed by atoms with Crippen molar-refractivity contribution < 1.29 is 13.9 Å². The Balaban J connectivity index is 1.66. The molecule has 3 heterocycles. The molecule has 1 aromatic carbocycles. The average molecular weight is 445 g/mol. The normalized spacial score (nSPS) is 11.0. The van der Waals surface area contributed by atoms with Crippen molar-refractivity contribution in [3.8, 4) is 5.75 Å². The molecule has 3 aromatic heterocycles. The van der Waals surface area contributed by atoms with Crippen molar-refractivity contribution in [2.75, 3.05) is 7.11 Å². The highest BCUT2D eigenvalue weighted by Gasteiger charge is 2.18. The number of hydrogen-bond acceptors (Lipinski definition) is 4. The zero-order valence-corrected chi connectivity index (χ0v) is 17.0. The van der Waals surface area contributed by atoms with E-state index in [4.69, 9.17) is 9.15 Å². The number of carbonyl (C=O) groups excluding carboxylic acids is 1. The lowest BCUT2D eigenvalue weighted by Crippen LogP contribution is -2.25. The van der Waals surface area contributed by atoms with Gasteiger partial charge in [0.15, 0.2) is 0 Å². The average Bonchev–Trinajstić information content (AvgIpc) is 3.38. The molecule has 0 atom stereocenters. The van der Waals surface area contributed by atoms with Crippen LogP contribution in [0.1, 0.15) is 21.8 Å². The number of benzene rings is 1. The lowest BCUT2D eigenvalue weighted by Gasteiger charge is -2.11. The van der Waals surface area contributed by atoms with E-state index in [0.29, 0.717) is 18.8 Å². The Morgan fingerprint density at radius 2 is 2.15 bits per heavy atom. The van der Waals surface area contributed by atoms with Crippen LogP contribution in [0.15, 0.2) is 63.0 Å². The Labute approximate surface area is 168 Å². The highest BCUT2D eigenvalue weighted by atomic mass is 79.9. The highest BCUT2D eigenvalue weighted by Crippen LogP contribution is 2.33. The summed E-state index contributed by atoms with van der Waals surface area (Å²) in [6.07, 6.45) is 1.60. The van der Waals surface area contributed by atoms with Crippen molar-refractivity contribution in [2.45, 2.75) is 13.1 Å². The van der Waals surface area contributed by atoms with Crippen molar-refractivity contribution >= 4 is 43.4 Å². The zero-order chi connectivity index (χ0) is 18.8. The van der Waals surface area contributed by atoms with Crippen LogP contribution in [-0.2, 0) is 13.1 Å². The molecule has 0 aliphatic heterocycles. The molecule has 0 bridgehead atoms. The first-order chi connectivity index (χ1) is 13.1. The van der Waals surface area contributed by atoms with Gasteiger partial charge in [-0.2, -0.15) is 0 Å². The number of furan rings is 1. The Hall–Kier alpha value is -2.51. The van der Waals surface area contributed by atoms with Gasteiger partial charge < -0.3 is 19.0 Å². The number of ether oxygens (including phenoxy) is 1. The van der Waals surface area contributed by atoms with Crippen LogP contribution in [-0.4, -0.2) is 17.6 Å². The molecular weight excluding hydrogens is 428 g/mol. The van der Waals surface area contributed by atoms with Gasteiger partial charge in [0.2, 0.25) is 0 Å². The maximum atomic E-state index is 12.8. The van der Waals surface area contributed by atoms with Crippen molar-refractivity contribution in [2.24, 2.45) is 0 Å². The van der Waals surface area contributed by atoms with Gasteiger partial charge >= 0.3 is 0 Å². The predicted molar refractivity (Wildman–Crippen MR) is 109 cm³/mol. The van der Waals surface area contributed by atoms with E-state index >= 15 is 0 Å². The van der Waals surface area contributed by atoms with Crippen LogP contribution in [0.4, 0.5) is 0 Å². The maximum absolute atomic E-state index is 12.8. The zero-order valence-electron chi connectivity index (χ0n) is 14.6. The molecule has 0 aliphatic carbocycles. The molecule has 0 saturated carbocycles. The minimum atomic E-state index is -0.131. The van der Waals surface area contributed by atoms with E-state index in [9.17, 15) is 4.79 Å². The minimum Gasteiger partial charge on any atom is -0.497 e. The number of hydrogen-bond donors (Lipinski definition) is 1. The van der Waals surface area contributed by atoms with E-state index in [1.165, 1.54) is 0 Å². The third-order valence-electron chi connectivity index (χ3n) is 4.27. The Kier molecular flexibility index (Phi) is 5.05. The number of methoxy groups -OCH3 is 1. The van der Waals surface area contributed by atoms with E-state index in [1.54, 1.807) is 30.8 Å². The fourth-order valence-corrected chi connectivity index (χ4v) is 4.56. The van der Waals surface area contributed by atoms with Crippen molar-refractivity contribution in [3.63, 3.8) is 0 Å². The molecule has 0 unspecified atom stereocenters. The number of thiophene rings is 1. The molecule has 0 saturated heterocycles. The second-order valence-electron chi connectivity index (χ2n) is 6.03. The predicted octanol–water partition coefficient (Wildman–Crippen LogP) is 5.05. The van der Waals surface area contributed by atoms with Gasteiger partial charge in [0.1, 0.15) is 17.2 Å². The number of nitrogens with zero attached hydrogens (tertiary/aromatic N) is 1. The summed E-state index contributed by atoms with van der Waals surface area (Å²) >= 11 is 5.15. The summed E-state index contributed by atoms with van der Waals surface area (Å²) in [6, 6.07) is 15.5. The quantitative estimate of drug-likeness (QED) is 0.452. The van der Waals surface area contributed by atoms with Gasteiger partial charge in [-0.1, -0.05) is 12.1 Å². The van der Waals surface area contributed by atoms with Crippen molar-refractivity contribution in [1.29, 1.82) is 0 Å². The largest absolute Gasteiger partial charge is 0.497 e. The number of rotatable bonds is 6. The summed E-state index contributed by atoms with van der Waals surface area (Å²) in [6.45, 7) is 0.931. The molecule has 0 fully saturated rings. The number of aromatic nitrogens is 1. The monoisotopic (exact) mass is 444 g/mol. The van der Waals surface area contributed by atoms with E-state index in [-0.39, 0.29) is 5.91 Å². The van der Waals surface area contributed by atoms with Gasteiger partial charge in [-0.05, 0) is 57.9 Å². The summed E-state index contributed by atoms with van der Waals surface area (Å²) < 4.78 is 14.7. The van der Waals surface area contributed by atoms with Gasteiger partial charge in [-0.3, -0.25) is 4.79 Å². The van der Waals surface area contributed by atoms with Gasteiger partial charge in [-0.15, -0.1) is 11.3 Å². The molecule has 138 valence electrons. The van der Waals surface area contributed by atoms with Crippen LogP contribution < -0.4 is 10.1 Å². The summed E-state index contributed by atoms with van der Waals surface area (Å²) in [4.78, 5) is 12.8. The van der Waals surface area contributed by atoms with Crippen molar-refractivity contribution in [1.82, 2.24) is 9.88 Å². The highest BCUT2D eigenvalue weighted by molar-refractivity contribution is 9.11. The number of fused-ring (bicyclic) bond motifs is 1. The number of amides is 1. The van der Waals surface area contributed by atoms with Crippen LogP contribution >= 0.6 is 27.3 Å². The molecular formula is C20H17BrN2O3S. The molecule has 0 spiro atoms. The number of nitrogens with one attached hydrogen (secondary N) is 1. The summed E-state index contributed by atoms with van der Waals surface area (Å²) in [5.41, 5.74) is 2.71. The molecule has 7 heteroatoms. The molecule has 27 heavy (non-hydrogen) atoms. The number of halogens is 1. The first kappa shape index (κ1) is 17.9. The van der Waals surface area contributed by atoms with E-state index in [1.807, 2.05) is 47.0 Å². The first-order valence-electron chi connectivity index (χ1n) is 8.36. The smallest absolute Gasteiger partial charge is 0.268 e. The second-order valence-corrected chi connectivity index (χ2v) is 8.49. The standard InChI is InChI=1S/C20H17BrN2O3S/c1-25-14-5-2-4-13(8-14)12-23-16-10-19(21)27-18(16)9-17(23)20(24)22-11-15-6-3-7-26-15/h2-10H,11-12H2,1H3,(H,22,24). The summed E-state index contributed by atoms with van der Waals surface area (Å²) in [7, 11) is 1.65. The SMILES string of the molecule is COc1cccc(Cn2c(C(=O)NCc3ccco3)cc3sc(Br)cc32)c1. The fraction of sp³-hybridized carbons (Fsp3) is 0.150. The molecule has 1 N–H and O–H groups in total. The Bertz CT molecular complexity index is 1080. The minimum absolute atomic E-state index is 0.131. The molecule has 0 aliphatic rings.